The zero-order valence-corrected chi connectivity index (χ0v) is 10.7. The monoisotopic (exact) mass is 296 g/mol. The van der Waals surface area contributed by atoms with E-state index in [1.165, 1.54) is 6.07 Å². The first-order valence-corrected chi connectivity index (χ1v) is 6.34. The van der Waals surface area contributed by atoms with E-state index in [4.69, 9.17) is 9.84 Å². The molecule has 0 bridgehead atoms. The first kappa shape index (κ1) is 13.7. The van der Waals surface area contributed by atoms with Crippen molar-refractivity contribution in [1.29, 1.82) is 0 Å². The van der Waals surface area contributed by atoms with Crippen LogP contribution in [-0.2, 0) is 11.2 Å². The molecule has 0 amide bonds. The maximum Gasteiger partial charge on any atom is 0.426 e. The summed E-state index contributed by atoms with van der Waals surface area (Å²) in [6, 6.07) is 10.4. The van der Waals surface area contributed by atoms with E-state index in [1.54, 1.807) is 18.2 Å². The Bertz CT molecular complexity index is 709. The molecular weight excluding hydrogens is 285 g/mol. The Morgan fingerprint density at radius 1 is 1.19 bits per heavy atom. The van der Waals surface area contributed by atoms with Gasteiger partial charge in [-0.2, -0.15) is 13.2 Å². The van der Waals surface area contributed by atoms with Crippen LogP contribution in [0.2, 0.25) is 0 Å². The fraction of sp³-hybridized carbons (Fsp3) is 0.267. The fourth-order valence-electron chi connectivity index (χ4n) is 2.61. The molecule has 0 fully saturated rings. The number of carboxylic acid groups (broad SMARTS) is 1. The molecule has 0 aliphatic carbocycles. The van der Waals surface area contributed by atoms with Crippen molar-refractivity contribution in [3.8, 4) is 5.75 Å². The van der Waals surface area contributed by atoms with Gasteiger partial charge in [0, 0.05) is 0 Å². The summed E-state index contributed by atoms with van der Waals surface area (Å²) < 4.78 is 43.9. The van der Waals surface area contributed by atoms with Crippen molar-refractivity contribution in [2.75, 3.05) is 0 Å². The Morgan fingerprint density at radius 2 is 1.81 bits per heavy atom. The van der Waals surface area contributed by atoms with Gasteiger partial charge in [-0.05, 0) is 34.9 Å². The number of rotatable bonds is 1. The Labute approximate surface area is 117 Å². The molecular formula is C15H11F3O3. The van der Waals surface area contributed by atoms with E-state index in [2.05, 4.69) is 0 Å². The lowest BCUT2D eigenvalue weighted by Crippen LogP contribution is -2.47. The number of benzene rings is 2. The SMILES string of the molecule is O=C(O)[C@@H]1Cc2cc3ccccc3cc2O[C@@H]1C(F)(F)F. The lowest BCUT2D eigenvalue weighted by Gasteiger charge is -2.32. The average molecular weight is 296 g/mol. The van der Waals surface area contributed by atoms with Gasteiger partial charge >= 0.3 is 12.1 Å². The number of fused-ring (bicyclic) bond motifs is 2. The minimum atomic E-state index is -4.72. The van der Waals surface area contributed by atoms with Crippen LogP contribution in [0.1, 0.15) is 5.56 Å². The summed E-state index contributed by atoms with van der Waals surface area (Å²) in [6.45, 7) is 0. The third-order valence-corrected chi connectivity index (χ3v) is 3.63. The van der Waals surface area contributed by atoms with E-state index < -0.39 is 24.2 Å². The van der Waals surface area contributed by atoms with E-state index in [0.717, 1.165) is 10.8 Å². The summed E-state index contributed by atoms with van der Waals surface area (Å²) in [5, 5.41) is 10.6. The zero-order valence-electron chi connectivity index (χ0n) is 10.7. The molecule has 21 heavy (non-hydrogen) atoms. The molecule has 3 nitrogen and oxygen atoms in total. The molecule has 2 atom stereocenters. The standard InChI is InChI=1S/C15H11F3O3/c16-15(17,18)13-11(14(19)20)6-10-5-8-3-1-2-4-9(8)7-12(10)21-13/h1-5,7,11,13H,6H2,(H,19,20)/t11-,13+/m1/s1. The second-order valence-electron chi connectivity index (χ2n) is 5.04. The number of alkyl halides is 3. The summed E-state index contributed by atoms with van der Waals surface area (Å²) in [7, 11) is 0. The Balaban J connectivity index is 2.09. The van der Waals surface area contributed by atoms with Crippen molar-refractivity contribution in [2.45, 2.75) is 18.7 Å². The van der Waals surface area contributed by atoms with E-state index in [0.29, 0.717) is 5.56 Å². The number of halogens is 3. The summed E-state index contributed by atoms with van der Waals surface area (Å²) in [5.41, 5.74) is 0.488. The van der Waals surface area contributed by atoms with Crippen LogP contribution in [0.15, 0.2) is 36.4 Å². The highest BCUT2D eigenvalue weighted by Gasteiger charge is 2.52. The van der Waals surface area contributed by atoms with Gasteiger partial charge in [-0.1, -0.05) is 24.3 Å². The second kappa shape index (κ2) is 4.65. The first-order chi connectivity index (χ1) is 9.86. The number of hydrogen-bond acceptors (Lipinski definition) is 2. The van der Waals surface area contributed by atoms with E-state index >= 15 is 0 Å². The molecule has 2 aromatic carbocycles. The molecule has 0 saturated heterocycles. The van der Waals surface area contributed by atoms with Crippen LogP contribution in [0.3, 0.4) is 0 Å². The van der Waals surface area contributed by atoms with Gasteiger partial charge in [-0.3, -0.25) is 4.79 Å². The topological polar surface area (TPSA) is 46.5 Å². The van der Waals surface area contributed by atoms with Gasteiger partial charge < -0.3 is 9.84 Å². The molecule has 0 aromatic heterocycles. The average Bonchev–Trinajstić information content (AvgIpc) is 2.42. The molecule has 110 valence electrons. The van der Waals surface area contributed by atoms with Crippen LogP contribution in [0.25, 0.3) is 10.8 Å². The maximum atomic E-state index is 13.0. The number of ether oxygens (including phenoxy) is 1. The van der Waals surface area contributed by atoms with Crippen molar-refractivity contribution in [3.05, 3.63) is 42.0 Å². The third-order valence-electron chi connectivity index (χ3n) is 3.63. The lowest BCUT2D eigenvalue weighted by atomic mass is 9.89. The van der Waals surface area contributed by atoms with Crippen molar-refractivity contribution in [3.63, 3.8) is 0 Å². The van der Waals surface area contributed by atoms with Gasteiger partial charge in [-0.25, -0.2) is 0 Å². The number of carboxylic acids is 1. The lowest BCUT2D eigenvalue weighted by molar-refractivity contribution is -0.217. The predicted molar refractivity (Wildman–Crippen MR) is 69.2 cm³/mol. The van der Waals surface area contributed by atoms with Crippen LogP contribution in [0, 0.1) is 5.92 Å². The first-order valence-electron chi connectivity index (χ1n) is 6.34. The smallest absolute Gasteiger partial charge is 0.426 e. The molecule has 1 aliphatic rings. The van der Waals surface area contributed by atoms with E-state index in [9.17, 15) is 18.0 Å². The Morgan fingerprint density at radius 3 is 2.38 bits per heavy atom. The molecule has 1 N–H and O–H groups in total. The summed E-state index contributed by atoms with van der Waals surface area (Å²) in [4.78, 5) is 11.1. The van der Waals surface area contributed by atoms with E-state index in [-0.39, 0.29) is 12.2 Å². The van der Waals surface area contributed by atoms with Crippen molar-refractivity contribution in [2.24, 2.45) is 5.92 Å². The number of carbonyl (C=O) groups is 1. The highest BCUT2D eigenvalue weighted by atomic mass is 19.4. The molecule has 0 saturated carbocycles. The van der Waals surface area contributed by atoms with Crippen LogP contribution < -0.4 is 4.74 Å². The summed E-state index contributed by atoms with van der Waals surface area (Å²) in [6.07, 6.45) is -7.23. The molecule has 3 rings (SSSR count). The molecule has 0 unspecified atom stereocenters. The highest BCUT2D eigenvalue weighted by molar-refractivity contribution is 5.85. The van der Waals surface area contributed by atoms with Crippen LogP contribution in [-0.4, -0.2) is 23.4 Å². The highest BCUT2D eigenvalue weighted by Crippen LogP contribution is 2.40. The van der Waals surface area contributed by atoms with Gasteiger partial charge in [-0.15, -0.1) is 0 Å². The minimum Gasteiger partial charge on any atom is -0.481 e. The van der Waals surface area contributed by atoms with Crippen molar-refractivity contribution in [1.82, 2.24) is 0 Å². The molecule has 0 spiro atoms. The summed E-state index contributed by atoms with van der Waals surface area (Å²) in [5.74, 6) is -3.02. The number of aliphatic carboxylic acids is 1. The van der Waals surface area contributed by atoms with Crippen molar-refractivity contribution >= 4 is 16.7 Å². The van der Waals surface area contributed by atoms with Gasteiger partial charge in [0.1, 0.15) is 11.7 Å². The summed E-state index contributed by atoms with van der Waals surface area (Å²) >= 11 is 0. The number of hydrogen-bond donors (Lipinski definition) is 1. The van der Waals surface area contributed by atoms with Crippen molar-refractivity contribution < 1.29 is 27.8 Å². The molecule has 1 aliphatic heterocycles. The molecule has 6 heteroatoms. The molecule has 2 aromatic rings. The van der Waals surface area contributed by atoms with E-state index in [1.807, 2.05) is 12.1 Å². The largest absolute Gasteiger partial charge is 0.481 e. The van der Waals surface area contributed by atoms with Crippen LogP contribution in [0.4, 0.5) is 13.2 Å². The molecule has 0 radical (unpaired) electrons. The Kier molecular flexibility index (Phi) is 3.04. The Hall–Kier alpha value is -2.24. The van der Waals surface area contributed by atoms with Gasteiger partial charge in [0.2, 0.25) is 6.10 Å². The molecule has 1 heterocycles. The van der Waals surface area contributed by atoms with Crippen LogP contribution in [0.5, 0.6) is 5.75 Å². The second-order valence-corrected chi connectivity index (χ2v) is 5.04. The van der Waals surface area contributed by atoms with Gasteiger partial charge in [0.05, 0.1) is 0 Å². The minimum absolute atomic E-state index is 0.105. The normalized spacial score (nSPS) is 21.7. The van der Waals surface area contributed by atoms with Crippen LogP contribution >= 0.6 is 0 Å². The van der Waals surface area contributed by atoms with Gasteiger partial charge in [0.25, 0.3) is 0 Å². The third kappa shape index (κ3) is 2.41. The quantitative estimate of drug-likeness (QED) is 0.877. The fourth-order valence-corrected chi connectivity index (χ4v) is 2.61. The van der Waals surface area contributed by atoms with Gasteiger partial charge in [0.15, 0.2) is 0 Å². The predicted octanol–water partition coefficient (Wildman–Crippen LogP) is 3.41. The zero-order chi connectivity index (χ0) is 15.2. The maximum absolute atomic E-state index is 13.0.